The van der Waals surface area contributed by atoms with Gasteiger partial charge in [-0.3, -0.25) is 0 Å². The molecule has 112 valence electrons. The first kappa shape index (κ1) is 15.3. The minimum atomic E-state index is 0.601. The van der Waals surface area contributed by atoms with E-state index in [1.54, 1.807) is 0 Å². The topological polar surface area (TPSA) is 24.9 Å². The number of aromatic nitrogens is 1. The van der Waals surface area contributed by atoms with Gasteiger partial charge in [0.25, 0.3) is 0 Å². The molecule has 1 aromatic carbocycles. The Labute approximate surface area is 139 Å². The highest BCUT2D eigenvalue weighted by Gasteiger charge is 2.24. The van der Waals surface area contributed by atoms with Crippen molar-refractivity contribution in [1.29, 1.82) is 0 Å². The Bertz CT molecular complexity index is 595. The number of benzene rings is 1. The highest BCUT2D eigenvalue weighted by molar-refractivity contribution is 7.98. The molecule has 0 bridgehead atoms. The van der Waals surface area contributed by atoms with Gasteiger partial charge in [-0.15, -0.1) is 23.1 Å². The van der Waals surface area contributed by atoms with Gasteiger partial charge in [-0.05, 0) is 50.6 Å². The minimum Gasteiger partial charge on any atom is -0.319 e. The van der Waals surface area contributed by atoms with Crippen molar-refractivity contribution < 1.29 is 0 Å². The Morgan fingerprint density at radius 1 is 1.38 bits per heavy atom. The second kappa shape index (κ2) is 7.14. The molecule has 1 atom stereocenters. The lowest BCUT2D eigenvalue weighted by molar-refractivity contribution is 0.522. The number of thiazole rings is 1. The van der Waals surface area contributed by atoms with E-state index in [-0.39, 0.29) is 0 Å². The third-order valence-corrected chi connectivity index (χ3v) is 6.33. The zero-order valence-electron chi connectivity index (χ0n) is 12.1. The monoisotopic (exact) mass is 338 g/mol. The lowest BCUT2D eigenvalue weighted by atomic mass is 9.91. The Morgan fingerprint density at radius 2 is 2.19 bits per heavy atom. The van der Waals surface area contributed by atoms with Gasteiger partial charge in [-0.2, -0.15) is 0 Å². The van der Waals surface area contributed by atoms with Gasteiger partial charge < -0.3 is 5.32 Å². The van der Waals surface area contributed by atoms with Crippen LogP contribution < -0.4 is 5.32 Å². The fourth-order valence-electron chi connectivity index (χ4n) is 2.74. The predicted molar refractivity (Wildman–Crippen MR) is 92.7 cm³/mol. The first-order chi connectivity index (χ1) is 10.3. The molecule has 0 fully saturated rings. The number of hydrogen-bond acceptors (Lipinski definition) is 4. The molecule has 21 heavy (non-hydrogen) atoms. The van der Waals surface area contributed by atoms with Crippen LogP contribution in [0.3, 0.4) is 0 Å². The van der Waals surface area contributed by atoms with Crippen LogP contribution in [-0.2, 0) is 12.2 Å². The number of fused-ring (bicyclic) bond motifs is 1. The summed E-state index contributed by atoms with van der Waals surface area (Å²) in [5, 5.41) is 5.34. The lowest BCUT2D eigenvalue weighted by Crippen LogP contribution is -2.21. The summed E-state index contributed by atoms with van der Waals surface area (Å²) in [5.41, 5.74) is 1.35. The molecule has 0 radical (unpaired) electrons. The van der Waals surface area contributed by atoms with Gasteiger partial charge in [0.15, 0.2) is 0 Å². The Hall–Kier alpha value is -0.550. The second-order valence-electron chi connectivity index (χ2n) is 5.31. The normalized spacial score (nSPS) is 17.7. The van der Waals surface area contributed by atoms with Crippen LogP contribution in [0.2, 0.25) is 5.02 Å². The van der Waals surface area contributed by atoms with E-state index in [1.807, 2.05) is 42.3 Å². The Kier molecular flexibility index (Phi) is 5.22. The Morgan fingerprint density at radius 3 is 2.95 bits per heavy atom. The molecule has 0 saturated carbocycles. The van der Waals surface area contributed by atoms with Crippen LogP contribution in [0.4, 0.5) is 0 Å². The number of nitrogens with zero attached hydrogens (tertiary/aromatic N) is 1. The number of likely N-dealkylation sites (N-methyl/N-ethyl adjacent to an activating group) is 1. The van der Waals surface area contributed by atoms with Gasteiger partial charge in [-0.25, -0.2) is 4.98 Å². The summed E-state index contributed by atoms with van der Waals surface area (Å²) in [5.74, 6) is 1.55. The summed E-state index contributed by atoms with van der Waals surface area (Å²) >= 11 is 9.65. The molecule has 1 aromatic heterocycles. The molecule has 1 aliphatic rings. The van der Waals surface area contributed by atoms with Gasteiger partial charge in [0.2, 0.25) is 0 Å². The molecule has 1 unspecified atom stereocenters. The molecular formula is C16H19ClN2S2. The molecule has 0 spiro atoms. The van der Waals surface area contributed by atoms with E-state index in [4.69, 9.17) is 16.6 Å². The number of thioether (sulfide) groups is 1. The maximum Gasteiger partial charge on any atom is 0.103 e. The Balaban J connectivity index is 1.68. The van der Waals surface area contributed by atoms with Crippen LogP contribution >= 0.6 is 34.7 Å². The molecule has 2 nitrogen and oxygen atoms in total. The standard InChI is InChI=1S/C16H19ClN2S2/c1-18-9-11-3-2-4-14-16(11)19-15(21-14)10-20-13-7-5-12(17)6-8-13/h5-8,11,18H,2-4,9-10H2,1H3. The smallest absolute Gasteiger partial charge is 0.103 e. The van der Waals surface area contributed by atoms with Crippen LogP contribution in [-0.4, -0.2) is 18.6 Å². The highest BCUT2D eigenvalue weighted by atomic mass is 35.5. The van der Waals surface area contributed by atoms with Crippen LogP contribution in [0.15, 0.2) is 29.2 Å². The fourth-order valence-corrected chi connectivity index (χ4v) is 4.95. The highest BCUT2D eigenvalue weighted by Crippen LogP contribution is 2.36. The summed E-state index contributed by atoms with van der Waals surface area (Å²) in [6.45, 7) is 1.04. The molecule has 0 amide bonds. The number of hydrogen-bond donors (Lipinski definition) is 1. The van der Waals surface area contributed by atoms with Crippen molar-refractivity contribution in [3.63, 3.8) is 0 Å². The summed E-state index contributed by atoms with van der Waals surface area (Å²) < 4.78 is 0. The third-order valence-electron chi connectivity index (χ3n) is 3.74. The van der Waals surface area contributed by atoms with Gasteiger partial charge in [0.1, 0.15) is 5.01 Å². The molecule has 1 N–H and O–H groups in total. The third kappa shape index (κ3) is 3.81. The van der Waals surface area contributed by atoms with Crippen molar-refractivity contribution in [3.8, 4) is 0 Å². The van der Waals surface area contributed by atoms with Crippen LogP contribution in [0.5, 0.6) is 0 Å². The zero-order chi connectivity index (χ0) is 14.7. The van der Waals surface area contributed by atoms with E-state index in [0.717, 1.165) is 17.3 Å². The average Bonchev–Trinajstić information content (AvgIpc) is 2.91. The molecule has 0 saturated heterocycles. The summed E-state index contributed by atoms with van der Waals surface area (Å²) in [4.78, 5) is 7.67. The quantitative estimate of drug-likeness (QED) is 0.798. The van der Waals surface area contributed by atoms with Crippen LogP contribution in [0.25, 0.3) is 0 Å². The van der Waals surface area contributed by atoms with E-state index in [9.17, 15) is 0 Å². The van der Waals surface area contributed by atoms with Crippen molar-refractivity contribution in [1.82, 2.24) is 10.3 Å². The number of nitrogens with one attached hydrogen (secondary N) is 1. The molecular weight excluding hydrogens is 320 g/mol. The van der Waals surface area contributed by atoms with Gasteiger partial charge in [0, 0.05) is 27.3 Å². The van der Waals surface area contributed by atoms with Crippen molar-refractivity contribution in [2.24, 2.45) is 0 Å². The SMILES string of the molecule is CNCC1CCCc2sc(CSc3ccc(Cl)cc3)nc21. The van der Waals surface area contributed by atoms with E-state index in [1.165, 1.54) is 39.7 Å². The first-order valence-corrected chi connectivity index (χ1v) is 9.45. The van der Waals surface area contributed by atoms with Gasteiger partial charge in [0.05, 0.1) is 11.4 Å². The number of halogens is 1. The van der Waals surface area contributed by atoms with E-state index in [2.05, 4.69) is 17.4 Å². The van der Waals surface area contributed by atoms with Crippen molar-refractivity contribution in [2.45, 2.75) is 35.8 Å². The van der Waals surface area contributed by atoms with Gasteiger partial charge in [-0.1, -0.05) is 11.6 Å². The summed E-state index contributed by atoms with van der Waals surface area (Å²) in [6.07, 6.45) is 3.77. The molecule has 0 aliphatic heterocycles. The zero-order valence-corrected chi connectivity index (χ0v) is 14.5. The van der Waals surface area contributed by atoms with Crippen LogP contribution in [0, 0.1) is 0 Å². The van der Waals surface area contributed by atoms with E-state index in [0.29, 0.717) is 5.92 Å². The average molecular weight is 339 g/mol. The molecule has 3 rings (SSSR count). The maximum absolute atomic E-state index is 5.92. The first-order valence-electron chi connectivity index (χ1n) is 7.27. The largest absolute Gasteiger partial charge is 0.319 e. The molecule has 5 heteroatoms. The lowest BCUT2D eigenvalue weighted by Gasteiger charge is -2.20. The molecule has 2 aromatic rings. The maximum atomic E-state index is 5.92. The van der Waals surface area contributed by atoms with E-state index >= 15 is 0 Å². The summed E-state index contributed by atoms with van der Waals surface area (Å²) in [6, 6.07) is 8.04. The number of aryl methyl sites for hydroxylation is 1. The fraction of sp³-hybridized carbons (Fsp3) is 0.438. The van der Waals surface area contributed by atoms with Crippen molar-refractivity contribution >= 4 is 34.7 Å². The van der Waals surface area contributed by atoms with Crippen molar-refractivity contribution in [2.75, 3.05) is 13.6 Å². The second-order valence-corrected chi connectivity index (χ2v) is 7.96. The van der Waals surface area contributed by atoms with E-state index < -0.39 is 0 Å². The van der Waals surface area contributed by atoms with Crippen LogP contribution in [0.1, 0.15) is 34.3 Å². The van der Waals surface area contributed by atoms with Crippen molar-refractivity contribution in [3.05, 3.63) is 44.9 Å². The molecule has 1 aliphatic carbocycles. The predicted octanol–water partition coefficient (Wildman–Crippen LogP) is 4.73. The summed E-state index contributed by atoms with van der Waals surface area (Å²) in [7, 11) is 2.03. The minimum absolute atomic E-state index is 0.601. The molecule has 1 heterocycles. The number of rotatable bonds is 5. The van der Waals surface area contributed by atoms with Gasteiger partial charge >= 0.3 is 0 Å².